The van der Waals surface area contributed by atoms with E-state index in [9.17, 15) is 4.39 Å². The number of hydrogen-bond acceptors (Lipinski definition) is 3. The summed E-state index contributed by atoms with van der Waals surface area (Å²) in [5.74, 6) is 0.0936. The second-order valence-electron chi connectivity index (χ2n) is 3.77. The average Bonchev–Trinajstić information content (AvgIpc) is 2.40. The molecular weight excluding hydrogens is 231 g/mol. The van der Waals surface area contributed by atoms with Crippen LogP contribution in [0, 0.1) is 17.1 Å². The van der Waals surface area contributed by atoms with E-state index in [0.717, 1.165) is 0 Å². The first-order chi connectivity index (χ1) is 8.65. The summed E-state index contributed by atoms with van der Waals surface area (Å²) in [7, 11) is 1.50. The third kappa shape index (κ3) is 2.11. The van der Waals surface area contributed by atoms with Crippen molar-refractivity contribution in [1.29, 1.82) is 5.26 Å². The van der Waals surface area contributed by atoms with Crippen molar-refractivity contribution in [2.24, 2.45) is 0 Å². The van der Waals surface area contributed by atoms with Crippen molar-refractivity contribution in [1.82, 2.24) is 0 Å². The van der Waals surface area contributed by atoms with Crippen LogP contribution in [0.3, 0.4) is 0 Å². The number of ether oxygens (including phenoxy) is 1. The molecule has 0 aromatic heterocycles. The van der Waals surface area contributed by atoms with Crippen molar-refractivity contribution in [2.75, 3.05) is 12.8 Å². The summed E-state index contributed by atoms with van der Waals surface area (Å²) in [4.78, 5) is 0. The van der Waals surface area contributed by atoms with Gasteiger partial charge < -0.3 is 10.5 Å². The van der Waals surface area contributed by atoms with Crippen LogP contribution < -0.4 is 10.5 Å². The summed E-state index contributed by atoms with van der Waals surface area (Å²) >= 11 is 0. The molecule has 2 aromatic rings. The van der Waals surface area contributed by atoms with Crippen LogP contribution in [0.5, 0.6) is 5.75 Å². The van der Waals surface area contributed by atoms with Gasteiger partial charge in [-0.3, -0.25) is 0 Å². The number of methoxy groups -OCH3 is 1. The molecule has 2 aromatic carbocycles. The standard InChI is InChI=1S/C14H11FN2O/c1-18-14-5-2-9(8-16)6-12(14)11-7-10(17)3-4-13(11)15/h2-7H,17H2,1H3. The molecule has 0 spiro atoms. The molecule has 90 valence electrons. The van der Waals surface area contributed by atoms with Gasteiger partial charge in [-0.2, -0.15) is 5.26 Å². The van der Waals surface area contributed by atoms with Crippen LogP contribution in [-0.2, 0) is 0 Å². The zero-order valence-electron chi connectivity index (χ0n) is 9.77. The molecule has 0 saturated carbocycles. The van der Waals surface area contributed by atoms with Gasteiger partial charge in [0.2, 0.25) is 0 Å². The molecule has 0 unspecified atom stereocenters. The van der Waals surface area contributed by atoms with Gasteiger partial charge in [-0.15, -0.1) is 0 Å². The van der Waals surface area contributed by atoms with Crippen LogP contribution in [0.4, 0.5) is 10.1 Å². The number of rotatable bonds is 2. The first kappa shape index (κ1) is 11.9. The summed E-state index contributed by atoms with van der Waals surface area (Å²) in [5, 5.41) is 8.89. The minimum atomic E-state index is -0.405. The summed E-state index contributed by atoms with van der Waals surface area (Å²) in [5.41, 5.74) is 7.38. The number of benzene rings is 2. The molecular formula is C14H11FN2O. The number of nitrogen functional groups attached to an aromatic ring is 1. The number of nitrogens with zero attached hydrogens (tertiary/aromatic N) is 1. The van der Waals surface area contributed by atoms with Crippen molar-refractivity contribution in [3.8, 4) is 22.9 Å². The van der Waals surface area contributed by atoms with Crippen molar-refractivity contribution in [3.05, 3.63) is 47.8 Å². The van der Waals surface area contributed by atoms with Crippen molar-refractivity contribution < 1.29 is 9.13 Å². The Kier molecular flexibility index (Phi) is 3.16. The third-order valence-electron chi connectivity index (χ3n) is 2.61. The second kappa shape index (κ2) is 4.76. The molecule has 0 atom stereocenters. The molecule has 3 nitrogen and oxygen atoms in total. The number of halogens is 1. The van der Waals surface area contributed by atoms with E-state index in [1.54, 1.807) is 18.2 Å². The fourth-order valence-electron chi connectivity index (χ4n) is 1.74. The molecule has 0 saturated heterocycles. The monoisotopic (exact) mass is 242 g/mol. The highest BCUT2D eigenvalue weighted by atomic mass is 19.1. The normalized spacial score (nSPS) is 9.83. The van der Waals surface area contributed by atoms with E-state index in [0.29, 0.717) is 28.1 Å². The Balaban J connectivity index is 2.69. The van der Waals surface area contributed by atoms with E-state index in [-0.39, 0.29) is 0 Å². The molecule has 0 bridgehead atoms. The molecule has 4 heteroatoms. The van der Waals surface area contributed by atoms with E-state index in [4.69, 9.17) is 15.7 Å². The highest BCUT2D eigenvalue weighted by molar-refractivity contribution is 5.74. The van der Waals surface area contributed by atoms with Gasteiger partial charge in [0.25, 0.3) is 0 Å². The van der Waals surface area contributed by atoms with Crippen LogP contribution in [0.1, 0.15) is 5.56 Å². The first-order valence-electron chi connectivity index (χ1n) is 5.29. The van der Waals surface area contributed by atoms with Gasteiger partial charge in [-0.25, -0.2) is 4.39 Å². The number of anilines is 1. The first-order valence-corrected chi connectivity index (χ1v) is 5.29. The largest absolute Gasteiger partial charge is 0.496 e. The molecule has 0 heterocycles. The smallest absolute Gasteiger partial charge is 0.131 e. The Morgan fingerprint density at radius 2 is 1.94 bits per heavy atom. The van der Waals surface area contributed by atoms with E-state index >= 15 is 0 Å². The Labute approximate surface area is 104 Å². The maximum atomic E-state index is 13.8. The van der Waals surface area contributed by atoms with Crippen molar-refractivity contribution >= 4 is 5.69 Å². The van der Waals surface area contributed by atoms with Crippen LogP contribution in [0.2, 0.25) is 0 Å². The minimum absolute atomic E-state index is 0.323. The van der Waals surface area contributed by atoms with Gasteiger partial charge in [0.1, 0.15) is 11.6 Å². The lowest BCUT2D eigenvalue weighted by atomic mass is 10.0. The fraction of sp³-hybridized carbons (Fsp3) is 0.0714. The predicted octanol–water partition coefficient (Wildman–Crippen LogP) is 2.96. The van der Waals surface area contributed by atoms with Crippen LogP contribution >= 0.6 is 0 Å². The zero-order chi connectivity index (χ0) is 13.1. The fourth-order valence-corrected chi connectivity index (χ4v) is 1.74. The molecule has 0 radical (unpaired) electrons. The summed E-state index contributed by atoms with van der Waals surface area (Å²) in [6.45, 7) is 0. The Morgan fingerprint density at radius 3 is 2.61 bits per heavy atom. The Bertz CT molecular complexity index is 632. The summed E-state index contributed by atoms with van der Waals surface area (Å²) in [6, 6.07) is 11.1. The Hall–Kier alpha value is -2.54. The minimum Gasteiger partial charge on any atom is -0.496 e. The molecule has 0 fully saturated rings. The van der Waals surface area contributed by atoms with Gasteiger partial charge in [0.15, 0.2) is 0 Å². The van der Waals surface area contributed by atoms with Gasteiger partial charge in [0.05, 0.1) is 18.7 Å². The Morgan fingerprint density at radius 1 is 1.17 bits per heavy atom. The molecule has 0 aliphatic rings. The summed E-state index contributed by atoms with van der Waals surface area (Å²) < 4.78 is 19.0. The number of nitriles is 1. The SMILES string of the molecule is COc1ccc(C#N)cc1-c1cc(N)ccc1F. The third-order valence-corrected chi connectivity index (χ3v) is 2.61. The lowest BCUT2D eigenvalue weighted by Crippen LogP contribution is -1.93. The molecule has 0 aliphatic heterocycles. The highest BCUT2D eigenvalue weighted by Crippen LogP contribution is 2.33. The maximum absolute atomic E-state index is 13.8. The average molecular weight is 242 g/mol. The van der Waals surface area contributed by atoms with E-state index < -0.39 is 5.82 Å². The van der Waals surface area contributed by atoms with Crippen molar-refractivity contribution in [3.63, 3.8) is 0 Å². The summed E-state index contributed by atoms with van der Waals surface area (Å²) in [6.07, 6.45) is 0. The zero-order valence-corrected chi connectivity index (χ0v) is 9.77. The number of hydrogen-bond donors (Lipinski definition) is 1. The molecule has 2 rings (SSSR count). The van der Waals surface area contributed by atoms with Crippen LogP contribution in [-0.4, -0.2) is 7.11 Å². The lowest BCUT2D eigenvalue weighted by molar-refractivity contribution is 0.416. The van der Waals surface area contributed by atoms with Gasteiger partial charge in [-0.05, 0) is 36.4 Å². The molecule has 18 heavy (non-hydrogen) atoms. The van der Waals surface area contributed by atoms with E-state index in [1.807, 2.05) is 6.07 Å². The van der Waals surface area contributed by atoms with E-state index in [1.165, 1.54) is 25.3 Å². The van der Waals surface area contributed by atoms with Crippen LogP contribution in [0.25, 0.3) is 11.1 Å². The predicted molar refractivity (Wildman–Crippen MR) is 67.5 cm³/mol. The molecule has 0 amide bonds. The van der Waals surface area contributed by atoms with Crippen LogP contribution in [0.15, 0.2) is 36.4 Å². The highest BCUT2D eigenvalue weighted by Gasteiger charge is 2.12. The number of nitrogens with two attached hydrogens (primary N) is 1. The quantitative estimate of drug-likeness (QED) is 0.823. The van der Waals surface area contributed by atoms with Gasteiger partial charge >= 0.3 is 0 Å². The lowest BCUT2D eigenvalue weighted by Gasteiger charge is -2.10. The maximum Gasteiger partial charge on any atom is 0.131 e. The van der Waals surface area contributed by atoms with Crippen molar-refractivity contribution in [2.45, 2.75) is 0 Å². The topological polar surface area (TPSA) is 59.0 Å². The van der Waals surface area contributed by atoms with Gasteiger partial charge in [0, 0.05) is 16.8 Å². The van der Waals surface area contributed by atoms with Gasteiger partial charge in [-0.1, -0.05) is 0 Å². The van der Waals surface area contributed by atoms with E-state index in [2.05, 4.69) is 0 Å². The second-order valence-corrected chi connectivity index (χ2v) is 3.77. The molecule has 0 aliphatic carbocycles. The molecule has 2 N–H and O–H groups in total.